The first kappa shape index (κ1) is 14.8. The molecule has 0 unspecified atom stereocenters. The van der Waals surface area contributed by atoms with E-state index in [1.54, 1.807) is 20.8 Å². The summed E-state index contributed by atoms with van der Waals surface area (Å²) < 4.78 is 0. The Balaban J connectivity index is 3.00. The molecule has 3 N–H and O–H groups in total. The molecular formula is C13H24N2O3. The summed E-state index contributed by atoms with van der Waals surface area (Å²) in [5, 5.41) is 9.38. The minimum absolute atomic E-state index is 0.0616. The van der Waals surface area contributed by atoms with E-state index in [2.05, 4.69) is 0 Å². The van der Waals surface area contributed by atoms with Crippen LogP contribution in [0, 0.1) is 5.92 Å². The monoisotopic (exact) mass is 256 g/mol. The highest BCUT2D eigenvalue weighted by atomic mass is 16.4. The van der Waals surface area contributed by atoms with Gasteiger partial charge in [0, 0.05) is 5.54 Å². The predicted octanol–water partition coefficient (Wildman–Crippen LogP) is 2.20. The highest BCUT2D eigenvalue weighted by Gasteiger charge is 2.41. The maximum atomic E-state index is 11.7. The number of nitrogens with two attached hydrogens (primary N) is 1. The average molecular weight is 256 g/mol. The Labute approximate surface area is 108 Å². The van der Waals surface area contributed by atoms with E-state index in [0.717, 1.165) is 32.1 Å². The van der Waals surface area contributed by atoms with Crippen LogP contribution in [0.2, 0.25) is 0 Å². The lowest BCUT2D eigenvalue weighted by Crippen LogP contribution is -2.59. The van der Waals surface area contributed by atoms with E-state index in [4.69, 9.17) is 5.73 Å². The van der Waals surface area contributed by atoms with Gasteiger partial charge in [0.1, 0.15) is 6.04 Å². The zero-order valence-electron chi connectivity index (χ0n) is 11.5. The number of carbonyl (C=O) groups is 2. The summed E-state index contributed by atoms with van der Waals surface area (Å²) in [4.78, 5) is 24.4. The standard InChI is InChI=1S/C13H24N2O3/c1-13(2,3)15(12(17)18)10(11(14)16)9-7-5-4-6-8-9/h9-10H,4-8H2,1-3H3,(H2,14,16)(H,17,18)/t10-/m0/s1. The number of primary amides is 1. The van der Waals surface area contributed by atoms with Crippen molar-refractivity contribution >= 4 is 12.0 Å². The number of carbonyl (C=O) groups excluding carboxylic acids is 1. The minimum Gasteiger partial charge on any atom is -0.465 e. The van der Waals surface area contributed by atoms with Crippen molar-refractivity contribution in [2.75, 3.05) is 0 Å². The molecule has 5 heteroatoms. The summed E-state index contributed by atoms with van der Waals surface area (Å²) in [6.07, 6.45) is 3.95. The highest BCUT2D eigenvalue weighted by molar-refractivity contribution is 5.84. The molecule has 0 aliphatic heterocycles. The molecule has 2 amide bonds. The summed E-state index contributed by atoms with van der Waals surface area (Å²) in [5.41, 5.74) is 4.84. The molecule has 1 rings (SSSR count). The maximum absolute atomic E-state index is 11.7. The van der Waals surface area contributed by atoms with Crippen molar-refractivity contribution in [1.82, 2.24) is 4.90 Å². The predicted molar refractivity (Wildman–Crippen MR) is 69.2 cm³/mol. The van der Waals surface area contributed by atoms with Crippen LogP contribution in [0.1, 0.15) is 52.9 Å². The maximum Gasteiger partial charge on any atom is 0.408 e. The largest absolute Gasteiger partial charge is 0.465 e. The zero-order chi connectivity index (χ0) is 13.9. The first-order valence-corrected chi connectivity index (χ1v) is 6.56. The van der Waals surface area contributed by atoms with Gasteiger partial charge in [0.15, 0.2) is 0 Å². The Morgan fingerprint density at radius 3 is 2.06 bits per heavy atom. The lowest BCUT2D eigenvalue weighted by Gasteiger charge is -2.42. The van der Waals surface area contributed by atoms with E-state index in [1.807, 2.05) is 0 Å². The molecule has 1 aliphatic carbocycles. The molecule has 0 bridgehead atoms. The van der Waals surface area contributed by atoms with Crippen LogP contribution in [0.3, 0.4) is 0 Å². The van der Waals surface area contributed by atoms with Crippen molar-refractivity contribution in [3.8, 4) is 0 Å². The van der Waals surface area contributed by atoms with Gasteiger partial charge in [0.25, 0.3) is 0 Å². The fourth-order valence-corrected chi connectivity index (χ4v) is 2.84. The Bertz CT molecular complexity index is 317. The van der Waals surface area contributed by atoms with Crippen LogP contribution in [0.4, 0.5) is 4.79 Å². The smallest absolute Gasteiger partial charge is 0.408 e. The summed E-state index contributed by atoms with van der Waals surface area (Å²) in [5.74, 6) is -0.467. The summed E-state index contributed by atoms with van der Waals surface area (Å²) >= 11 is 0. The SMILES string of the molecule is CC(C)(C)N(C(=O)O)[C@H](C(N)=O)C1CCCCC1. The molecule has 1 fully saturated rings. The van der Waals surface area contributed by atoms with Crippen molar-refractivity contribution in [3.05, 3.63) is 0 Å². The molecule has 0 saturated heterocycles. The Morgan fingerprint density at radius 2 is 1.72 bits per heavy atom. The molecular weight excluding hydrogens is 232 g/mol. The third-order valence-electron chi connectivity index (χ3n) is 3.59. The van der Waals surface area contributed by atoms with E-state index in [1.165, 1.54) is 4.90 Å². The van der Waals surface area contributed by atoms with Gasteiger partial charge in [-0.05, 0) is 39.5 Å². The van der Waals surface area contributed by atoms with Gasteiger partial charge in [-0.1, -0.05) is 19.3 Å². The van der Waals surface area contributed by atoms with Crippen molar-refractivity contribution in [1.29, 1.82) is 0 Å². The molecule has 1 aliphatic rings. The lowest BCUT2D eigenvalue weighted by atomic mass is 9.81. The van der Waals surface area contributed by atoms with E-state index in [9.17, 15) is 14.7 Å². The van der Waals surface area contributed by atoms with Crippen molar-refractivity contribution in [2.45, 2.75) is 64.5 Å². The van der Waals surface area contributed by atoms with Gasteiger partial charge in [0.05, 0.1) is 0 Å². The van der Waals surface area contributed by atoms with Gasteiger partial charge in [-0.3, -0.25) is 9.69 Å². The summed E-state index contributed by atoms with van der Waals surface area (Å²) in [7, 11) is 0. The Hall–Kier alpha value is -1.26. The topological polar surface area (TPSA) is 83.6 Å². The minimum atomic E-state index is -1.07. The fraction of sp³-hybridized carbons (Fsp3) is 0.846. The normalized spacial score (nSPS) is 19.3. The van der Waals surface area contributed by atoms with Crippen LogP contribution in [0.25, 0.3) is 0 Å². The van der Waals surface area contributed by atoms with E-state index in [0.29, 0.717) is 0 Å². The van der Waals surface area contributed by atoms with Gasteiger partial charge < -0.3 is 10.8 Å². The van der Waals surface area contributed by atoms with E-state index >= 15 is 0 Å². The third-order valence-corrected chi connectivity index (χ3v) is 3.59. The lowest BCUT2D eigenvalue weighted by molar-refractivity contribution is -0.127. The molecule has 0 aromatic heterocycles. The fourth-order valence-electron chi connectivity index (χ4n) is 2.84. The zero-order valence-corrected chi connectivity index (χ0v) is 11.5. The Kier molecular flexibility index (Phi) is 4.59. The van der Waals surface area contributed by atoms with E-state index < -0.39 is 23.6 Å². The van der Waals surface area contributed by atoms with Crippen molar-refractivity contribution in [3.63, 3.8) is 0 Å². The molecule has 1 atom stereocenters. The van der Waals surface area contributed by atoms with Gasteiger partial charge in [-0.2, -0.15) is 0 Å². The number of amides is 2. The quantitative estimate of drug-likeness (QED) is 0.812. The van der Waals surface area contributed by atoms with E-state index in [-0.39, 0.29) is 5.92 Å². The second-order valence-corrected chi connectivity index (χ2v) is 6.07. The van der Waals surface area contributed by atoms with Crippen molar-refractivity contribution in [2.24, 2.45) is 11.7 Å². The molecule has 5 nitrogen and oxygen atoms in total. The molecule has 0 heterocycles. The molecule has 0 spiro atoms. The van der Waals surface area contributed by atoms with Crippen molar-refractivity contribution < 1.29 is 14.7 Å². The average Bonchev–Trinajstić information content (AvgIpc) is 2.24. The number of carboxylic acid groups (broad SMARTS) is 1. The van der Waals surface area contributed by atoms with Crippen LogP contribution in [-0.4, -0.2) is 33.6 Å². The van der Waals surface area contributed by atoms with Gasteiger partial charge in [-0.25, -0.2) is 4.79 Å². The number of nitrogens with zero attached hydrogens (tertiary/aromatic N) is 1. The second-order valence-electron chi connectivity index (χ2n) is 6.07. The summed E-state index contributed by atoms with van der Waals surface area (Å²) in [6.45, 7) is 5.37. The first-order chi connectivity index (χ1) is 8.25. The molecule has 0 aromatic carbocycles. The molecule has 1 saturated carbocycles. The van der Waals surface area contributed by atoms with Crippen LogP contribution in [0.5, 0.6) is 0 Å². The van der Waals surface area contributed by atoms with Gasteiger partial charge in [-0.15, -0.1) is 0 Å². The van der Waals surface area contributed by atoms with Crippen LogP contribution < -0.4 is 5.73 Å². The molecule has 18 heavy (non-hydrogen) atoms. The van der Waals surface area contributed by atoms with Gasteiger partial charge in [0.2, 0.25) is 5.91 Å². The third kappa shape index (κ3) is 3.37. The summed E-state index contributed by atoms with van der Waals surface area (Å²) in [6, 6.07) is -0.706. The number of hydrogen-bond donors (Lipinski definition) is 2. The second kappa shape index (κ2) is 5.59. The molecule has 104 valence electrons. The highest BCUT2D eigenvalue weighted by Crippen LogP contribution is 2.32. The van der Waals surface area contributed by atoms with Crippen LogP contribution in [0.15, 0.2) is 0 Å². The van der Waals surface area contributed by atoms with Crippen LogP contribution >= 0.6 is 0 Å². The number of rotatable bonds is 3. The van der Waals surface area contributed by atoms with Gasteiger partial charge >= 0.3 is 6.09 Å². The van der Waals surface area contributed by atoms with Crippen LogP contribution in [-0.2, 0) is 4.79 Å². The molecule has 0 radical (unpaired) electrons. The number of hydrogen-bond acceptors (Lipinski definition) is 2. The first-order valence-electron chi connectivity index (χ1n) is 6.56. The molecule has 0 aromatic rings. The Morgan fingerprint density at radius 1 is 1.22 bits per heavy atom.